The molecule has 0 radical (unpaired) electrons. The largest absolute Gasteiger partial charge is 0.385 e. The molecule has 0 aromatic heterocycles. The number of amides is 1. The summed E-state index contributed by atoms with van der Waals surface area (Å²) in [6, 6.07) is 0. The Morgan fingerprint density at radius 3 is 2.69 bits per heavy atom. The molecule has 13 heavy (non-hydrogen) atoms. The average Bonchev–Trinajstić information content (AvgIpc) is 2.32. The Kier molecular flexibility index (Phi) is 1.69. The van der Waals surface area contributed by atoms with Crippen LogP contribution in [-0.2, 0) is 4.79 Å². The van der Waals surface area contributed by atoms with Crippen LogP contribution in [0.4, 0.5) is 0 Å². The summed E-state index contributed by atoms with van der Waals surface area (Å²) in [5, 5.41) is 20.1. The Bertz CT molecular complexity index is 251. The van der Waals surface area contributed by atoms with Gasteiger partial charge in [-0.15, -0.1) is 0 Å². The third-order valence-electron chi connectivity index (χ3n) is 3.34. The highest BCUT2D eigenvalue weighted by Gasteiger charge is 2.57. The van der Waals surface area contributed by atoms with Gasteiger partial charge < -0.3 is 15.1 Å². The van der Waals surface area contributed by atoms with E-state index in [4.69, 9.17) is 0 Å². The lowest BCUT2D eigenvalue weighted by Gasteiger charge is -2.48. The van der Waals surface area contributed by atoms with Crippen molar-refractivity contribution in [3.05, 3.63) is 0 Å². The van der Waals surface area contributed by atoms with Gasteiger partial charge in [0.2, 0.25) is 5.91 Å². The van der Waals surface area contributed by atoms with Crippen LogP contribution in [0.25, 0.3) is 0 Å². The van der Waals surface area contributed by atoms with E-state index >= 15 is 0 Å². The summed E-state index contributed by atoms with van der Waals surface area (Å²) in [6.45, 7) is 2.18. The molecule has 2 N–H and O–H groups in total. The number of carbonyl (C=O) groups is 1. The molecule has 2 aliphatic heterocycles. The zero-order chi connectivity index (χ0) is 9.69. The summed E-state index contributed by atoms with van der Waals surface area (Å²) in [6.07, 6.45) is 2.04. The molecule has 2 atom stereocenters. The number of rotatable bonds is 0. The molecule has 2 unspecified atom stereocenters. The van der Waals surface area contributed by atoms with Gasteiger partial charge in [0.1, 0.15) is 5.60 Å². The van der Waals surface area contributed by atoms with E-state index in [0.29, 0.717) is 25.8 Å². The maximum atomic E-state index is 11.4. The molecule has 0 saturated carbocycles. The number of aliphatic hydroxyl groups is 2. The third-order valence-corrected chi connectivity index (χ3v) is 3.34. The molecule has 0 bridgehead atoms. The van der Waals surface area contributed by atoms with Crippen molar-refractivity contribution in [2.45, 2.75) is 43.9 Å². The molecule has 2 aliphatic rings. The highest BCUT2D eigenvalue weighted by molar-refractivity contribution is 5.79. The second-order valence-corrected chi connectivity index (χ2v) is 4.24. The molecule has 2 saturated heterocycles. The van der Waals surface area contributed by atoms with Crippen LogP contribution in [0.15, 0.2) is 0 Å². The second-order valence-electron chi connectivity index (χ2n) is 4.24. The zero-order valence-electron chi connectivity index (χ0n) is 7.79. The Labute approximate surface area is 77.2 Å². The summed E-state index contributed by atoms with van der Waals surface area (Å²) in [5.74, 6) is -0.0394. The predicted octanol–water partition coefficient (Wildman–Crippen LogP) is -0.158. The van der Waals surface area contributed by atoms with E-state index in [1.54, 1.807) is 6.92 Å². The van der Waals surface area contributed by atoms with E-state index in [-0.39, 0.29) is 5.91 Å². The van der Waals surface area contributed by atoms with Crippen molar-refractivity contribution in [2.24, 2.45) is 0 Å². The number of piperidine rings is 1. The minimum Gasteiger partial charge on any atom is -0.385 e. The molecule has 2 fully saturated rings. The first-order chi connectivity index (χ1) is 5.97. The first-order valence-corrected chi connectivity index (χ1v) is 4.73. The fraction of sp³-hybridized carbons (Fsp3) is 0.889. The first-order valence-electron chi connectivity index (χ1n) is 4.73. The lowest BCUT2D eigenvalue weighted by Crippen LogP contribution is -2.64. The SMILES string of the molecule is CC1(O)CCCN2C(=O)CCC21O. The predicted molar refractivity (Wildman–Crippen MR) is 45.8 cm³/mol. The van der Waals surface area contributed by atoms with Crippen LogP contribution in [-0.4, -0.2) is 38.9 Å². The van der Waals surface area contributed by atoms with Crippen LogP contribution in [0.3, 0.4) is 0 Å². The molecule has 4 nitrogen and oxygen atoms in total. The minimum absolute atomic E-state index is 0.0394. The van der Waals surface area contributed by atoms with E-state index in [1.165, 1.54) is 4.90 Å². The fourth-order valence-electron chi connectivity index (χ4n) is 2.41. The molecular weight excluding hydrogens is 170 g/mol. The molecule has 0 spiro atoms. The number of hydrogen-bond acceptors (Lipinski definition) is 3. The number of fused-ring (bicyclic) bond motifs is 1. The van der Waals surface area contributed by atoms with Crippen LogP contribution in [0.1, 0.15) is 32.6 Å². The van der Waals surface area contributed by atoms with Gasteiger partial charge in [-0.2, -0.15) is 0 Å². The van der Waals surface area contributed by atoms with Gasteiger partial charge >= 0.3 is 0 Å². The van der Waals surface area contributed by atoms with Gasteiger partial charge in [-0.05, 0) is 19.8 Å². The summed E-state index contributed by atoms with van der Waals surface area (Å²) in [5.41, 5.74) is -2.44. The van der Waals surface area contributed by atoms with Crippen molar-refractivity contribution >= 4 is 5.91 Å². The van der Waals surface area contributed by atoms with Crippen molar-refractivity contribution in [3.63, 3.8) is 0 Å². The lowest BCUT2D eigenvalue weighted by molar-refractivity contribution is -0.229. The molecule has 4 heteroatoms. The Morgan fingerprint density at radius 2 is 2.08 bits per heavy atom. The van der Waals surface area contributed by atoms with Gasteiger partial charge in [0.05, 0.1) is 0 Å². The fourth-order valence-corrected chi connectivity index (χ4v) is 2.41. The van der Waals surface area contributed by atoms with Gasteiger partial charge in [-0.3, -0.25) is 4.79 Å². The average molecular weight is 185 g/mol. The maximum absolute atomic E-state index is 11.4. The number of hydrogen-bond donors (Lipinski definition) is 2. The van der Waals surface area contributed by atoms with E-state index < -0.39 is 11.3 Å². The smallest absolute Gasteiger partial charge is 0.225 e. The monoisotopic (exact) mass is 185 g/mol. The third kappa shape index (κ3) is 1.02. The Balaban J connectivity index is 2.35. The normalized spacial score (nSPS) is 45.2. The van der Waals surface area contributed by atoms with Crippen molar-refractivity contribution in [1.29, 1.82) is 0 Å². The molecule has 2 heterocycles. The van der Waals surface area contributed by atoms with E-state index in [2.05, 4.69) is 0 Å². The maximum Gasteiger partial charge on any atom is 0.225 e. The standard InChI is InChI=1S/C9H15NO3/c1-8(12)4-2-6-10-7(11)3-5-9(8,10)13/h12-13H,2-6H2,1H3. The number of carbonyl (C=O) groups excluding carboxylic acids is 1. The van der Waals surface area contributed by atoms with Crippen LogP contribution >= 0.6 is 0 Å². The summed E-state index contributed by atoms with van der Waals surface area (Å²) >= 11 is 0. The highest BCUT2D eigenvalue weighted by Crippen LogP contribution is 2.42. The quantitative estimate of drug-likeness (QED) is 0.551. The van der Waals surface area contributed by atoms with Crippen LogP contribution < -0.4 is 0 Å². The minimum atomic E-state index is -1.30. The molecular formula is C9H15NO3. The van der Waals surface area contributed by atoms with Crippen LogP contribution in [0.5, 0.6) is 0 Å². The first kappa shape index (κ1) is 8.97. The van der Waals surface area contributed by atoms with Crippen molar-refractivity contribution in [3.8, 4) is 0 Å². The molecule has 74 valence electrons. The summed E-state index contributed by atoms with van der Waals surface area (Å²) < 4.78 is 0. The molecule has 0 aromatic rings. The van der Waals surface area contributed by atoms with Crippen molar-refractivity contribution in [2.75, 3.05) is 6.54 Å². The number of nitrogens with zero attached hydrogens (tertiary/aromatic N) is 1. The molecule has 0 aromatic carbocycles. The summed E-state index contributed by atoms with van der Waals surface area (Å²) in [4.78, 5) is 12.8. The molecule has 0 aliphatic carbocycles. The molecule has 2 rings (SSSR count). The van der Waals surface area contributed by atoms with Gasteiger partial charge in [0.15, 0.2) is 5.72 Å². The Hall–Kier alpha value is -0.610. The lowest BCUT2D eigenvalue weighted by atomic mass is 9.82. The van der Waals surface area contributed by atoms with E-state index in [9.17, 15) is 15.0 Å². The van der Waals surface area contributed by atoms with Crippen LogP contribution in [0.2, 0.25) is 0 Å². The molecule has 1 amide bonds. The van der Waals surface area contributed by atoms with Gasteiger partial charge in [-0.1, -0.05) is 0 Å². The zero-order valence-corrected chi connectivity index (χ0v) is 7.79. The Morgan fingerprint density at radius 1 is 1.38 bits per heavy atom. The second kappa shape index (κ2) is 2.45. The highest BCUT2D eigenvalue weighted by atomic mass is 16.4. The van der Waals surface area contributed by atoms with Crippen LogP contribution in [0, 0.1) is 0 Å². The van der Waals surface area contributed by atoms with Gasteiger partial charge in [-0.25, -0.2) is 0 Å². The van der Waals surface area contributed by atoms with E-state index in [0.717, 1.165) is 6.42 Å². The topological polar surface area (TPSA) is 60.8 Å². The summed E-state index contributed by atoms with van der Waals surface area (Å²) in [7, 11) is 0. The van der Waals surface area contributed by atoms with Gasteiger partial charge in [0.25, 0.3) is 0 Å². The van der Waals surface area contributed by atoms with E-state index in [1.807, 2.05) is 0 Å². The van der Waals surface area contributed by atoms with Gasteiger partial charge in [0, 0.05) is 19.4 Å². The van der Waals surface area contributed by atoms with Crippen molar-refractivity contribution < 1.29 is 15.0 Å². The van der Waals surface area contributed by atoms with Crippen molar-refractivity contribution in [1.82, 2.24) is 4.90 Å².